The number of hydrogen-bond acceptors (Lipinski definition) is 2. The molecule has 14 heavy (non-hydrogen) atoms. The first-order valence-corrected chi connectivity index (χ1v) is 5.88. The molecule has 78 valence electrons. The first-order chi connectivity index (χ1) is 6.44. The Morgan fingerprint density at radius 3 is 2.64 bits per heavy atom. The molecule has 0 aromatic rings. The summed E-state index contributed by atoms with van der Waals surface area (Å²) in [6, 6.07) is 0.606. The SMILES string of the molecule is CB1N[C@@H]2C[C@@H]3C[C@@H](C3(C)C)[C@]2(C)O1. The van der Waals surface area contributed by atoms with Crippen LogP contribution in [0.1, 0.15) is 33.6 Å². The largest absolute Gasteiger partial charge is 0.414 e. The van der Waals surface area contributed by atoms with Crippen LogP contribution >= 0.6 is 0 Å². The van der Waals surface area contributed by atoms with Gasteiger partial charge in [0.2, 0.25) is 0 Å². The van der Waals surface area contributed by atoms with Crippen LogP contribution in [0.5, 0.6) is 0 Å². The van der Waals surface area contributed by atoms with E-state index in [9.17, 15) is 0 Å². The molecule has 0 radical (unpaired) electrons. The van der Waals surface area contributed by atoms with E-state index in [0.717, 1.165) is 11.8 Å². The maximum absolute atomic E-state index is 6.13. The van der Waals surface area contributed by atoms with E-state index < -0.39 is 0 Å². The van der Waals surface area contributed by atoms with Crippen LogP contribution in [0.15, 0.2) is 0 Å². The first-order valence-electron chi connectivity index (χ1n) is 5.88. The minimum absolute atomic E-state index is 0.109. The summed E-state index contributed by atoms with van der Waals surface area (Å²) in [6.07, 6.45) is 2.69. The Morgan fingerprint density at radius 1 is 1.29 bits per heavy atom. The molecule has 1 saturated heterocycles. The first kappa shape index (κ1) is 9.23. The summed E-state index contributed by atoms with van der Waals surface area (Å²) >= 11 is 0. The van der Waals surface area contributed by atoms with Crippen LogP contribution in [0.3, 0.4) is 0 Å². The Kier molecular flexibility index (Phi) is 1.57. The van der Waals surface area contributed by atoms with E-state index in [1.165, 1.54) is 12.8 Å². The van der Waals surface area contributed by atoms with Crippen LogP contribution in [0, 0.1) is 17.3 Å². The van der Waals surface area contributed by atoms with Crippen molar-refractivity contribution in [2.45, 2.75) is 52.1 Å². The van der Waals surface area contributed by atoms with E-state index in [4.69, 9.17) is 4.65 Å². The molecule has 4 rings (SSSR count). The van der Waals surface area contributed by atoms with Gasteiger partial charge in [0.15, 0.2) is 0 Å². The van der Waals surface area contributed by atoms with E-state index in [1.54, 1.807) is 0 Å². The summed E-state index contributed by atoms with van der Waals surface area (Å²) in [5.41, 5.74) is 0.620. The van der Waals surface area contributed by atoms with Gasteiger partial charge in [-0.3, -0.25) is 0 Å². The van der Waals surface area contributed by atoms with Gasteiger partial charge < -0.3 is 9.88 Å². The molecule has 0 aromatic heterocycles. The Hall–Kier alpha value is -0.0151. The van der Waals surface area contributed by atoms with Gasteiger partial charge in [0.1, 0.15) is 0 Å². The fourth-order valence-corrected chi connectivity index (χ4v) is 4.25. The zero-order chi connectivity index (χ0) is 10.1. The van der Waals surface area contributed by atoms with E-state index in [0.29, 0.717) is 11.5 Å². The maximum atomic E-state index is 6.13. The normalized spacial score (nSPS) is 54.0. The molecule has 1 aliphatic heterocycles. The number of nitrogens with one attached hydrogen (secondary N) is 1. The van der Waals surface area contributed by atoms with Gasteiger partial charge in [0.25, 0.3) is 0 Å². The molecule has 3 aliphatic carbocycles. The summed E-state index contributed by atoms with van der Waals surface area (Å²) < 4.78 is 6.13. The summed E-state index contributed by atoms with van der Waals surface area (Å²) in [5, 5.41) is 3.57. The molecule has 1 heterocycles. The Bertz CT molecular complexity index is 280. The van der Waals surface area contributed by atoms with Crippen LogP contribution in [0.25, 0.3) is 0 Å². The van der Waals surface area contributed by atoms with Crippen molar-refractivity contribution >= 4 is 7.05 Å². The molecule has 3 heteroatoms. The van der Waals surface area contributed by atoms with E-state index in [-0.39, 0.29) is 12.7 Å². The molecule has 2 nitrogen and oxygen atoms in total. The quantitative estimate of drug-likeness (QED) is 0.593. The van der Waals surface area contributed by atoms with Gasteiger partial charge in [-0.15, -0.1) is 0 Å². The average molecular weight is 193 g/mol. The highest BCUT2D eigenvalue weighted by atomic mass is 16.5. The van der Waals surface area contributed by atoms with Gasteiger partial charge in [-0.25, -0.2) is 0 Å². The minimum atomic E-state index is 0.109. The second kappa shape index (κ2) is 2.38. The molecule has 0 unspecified atom stereocenters. The van der Waals surface area contributed by atoms with Crippen molar-refractivity contribution in [3.8, 4) is 0 Å². The van der Waals surface area contributed by atoms with Crippen LogP contribution in [0.2, 0.25) is 6.82 Å². The number of rotatable bonds is 0. The molecule has 0 amide bonds. The molecular formula is C11H20BNO. The smallest absolute Gasteiger partial charge is 0.377 e. The lowest BCUT2D eigenvalue weighted by Crippen LogP contribution is -2.66. The Labute approximate surface area is 86.9 Å². The number of hydrogen-bond donors (Lipinski definition) is 1. The highest BCUT2D eigenvalue weighted by Gasteiger charge is 2.66. The molecule has 3 saturated carbocycles. The van der Waals surface area contributed by atoms with Crippen molar-refractivity contribution < 1.29 is 4.65 Å². The van der Waals surface area contributed by atoms with Crippen molar-refractivity contribution in [3.63, 3.8) is 0 Å². The Balaban J connectivity index is 1.95. The third-order valence-electron chi connectivity index (χ3n) is 5.24. The van der Waals surface area contributed by atoms with E-state index in [1.807, 2.05) is 0 Å². The predicted octanol–water partition coefficient (Wildman–Crippen LogP) is 1.92. The van der Waals surface area contributed by atoms with Crippen molar-refractivity contribution in [2.24, 2.45) is 17.3 Å². The summed E-state index contributed by atoms with van der Waals surface area (Å²) in [7, 11) is 0.250. The monoisotopic (exact) mass is 193 g/mol. The van der Waals surface area contributed by atoms with Crippen LogP contribution in [-0.4, -0.2) is 18.7 Å². The fourth-order valence-electron chi connectivity index (χ4n) is 4.25. The van der Waals surface area contributed by atoms with Crippen LogP contribution in [0.4, 0.5) is 0 Å². The minimum Gasteiger partial charge on any atom is -0.414 e. The average Bonchev–Trinajstić information content (AvgIpc) is 2.37. The molecule has 1 N–H and O–H groups in total. The van der Waals surface area contributed by atoms with Crippen LogP contribution in [-0.2, 0) is 4.65 Å². The summed E-state index contributed by atoms with van der Waals surface area (Å²) in [6.45, 7) is 9.28. The lowest BCUT2D eigenvalue weighted by Gasteiger charge is -2.65. The second-order valence-corrected chi connectivity index (χ2v) is 6.21. The summed E-state index contributed by atoms with van der Waals surface area (Å²) in [4.78, 5) is 0. The van der Waals surface area contributed by atoms with Gasteiger partial charge in [0.05, 0.1) is 5.60 Å². The highest BCUT2D eigenvalue weighted by Crippen LogP contribution is 2.64. The summed E-state index contributed by atoms with van der Waals surface area (Å²) in [5.74, 6) is 1.68. The predicted molar refractivity (Wildman–Crippen MR) is 58.0 cm³/mol. The van der Waals surface area contributed by atoms with Crippen LogP contribution < -0.4 is 5.23 Å². The van der Waals surface area contributed by atoms with Crippen molar-refractivity contribution in [1.29, 1.82) is 0 Å². The fraction of sp³-hybridized carbons (Fsp3) is 1.00. The molecule has 4 atom stereocenters. The molecule has 2 bridgehead atoms. The van der Waals surface area contributed by atoms with Gasteiger partial charge >= 0.3 is 7.05 Å². The van der Waals surface area contributed by atoms with Gasteiger partial charge in [0, 0.05) is 6.04 Å². The zero-order valence-corrected chi connectivity index (χ0v) is 9.63. The molecule has 0 aromatic carbocycles. The van der Waals surface area contributed by atoms with E-state index >= 15 is 0 Å². The maximum Gasteiger partial charge on any atom is 0.377 e. The topological polar surface area (TPSA) is 21.3 Å². The molecule has 4 fully saturated rings. The van der Waals surface area contributed by atoms with Crippen molar-refractivity contribution in [1.82, 2.24) is 5.23 Å². The highest BCUT2D eigenvalue weighted by molar-refractivity contribution is 6.48. The lowest BCUT2D eigenvalue weighted by atomic mass is 9.43. The second-order valence-electron chi connectivity index (χ2n) is 6.21. The van der Waals surface area contributed by atoms with Gasteiger partial charge in [-0.2, -0.15) is 0 Å². The van der Waals surface area contributed by atoms with Crippen molar-refractivity contribution in [2.75, 3.05) is 0 Å². The molecular weight excluding hydrogens is 173 g/mol. The van der Waals surface area contributed by atoms with Gasteiger partial charge in [-0.1, -0.05) is 13.8 Å². The molecule has 0 spiro atoms. The third-order valence-corrected chi connectivity index (χ3v) is 5.24. The zero-order valence-electron chi connectivity index (χ0n) is 9.63. The van der Waals surface area contributed by atoms with Crippen molar-refractivity contribution in [3.05, 3.63) is 0 Å². The third kappa shape index (κ3) is 0.861. The van der Waals surface area contributed by atoms with Gasteiger partial charge in [-0.05, 0) is 43.8 Å². The molecule has 4 aliphatic rings. The lowest BCUT2D eigenvalue weighted by molar-refractivity contribution is -0.181. The standard InChI is InChI=1S/C11H20BNO/c1-10(2)7-5-8(10)11(3)9(6-7)13-12(4)14-11/h7-9,13H,5-6H2,1-4H3/t7-,8-,9+,11-/m0/s1. The Morgan fingerprint density at radius 2 is 2.00 bits per heavy atom. The van der Waals surface area contributed by atoms with E-state index in [2.05, 4.69) is 32.8 Å².